The second kappa shape index (κ2) is 9.15. The molecule has 0 saturated carbocycles. The number of ketones is 1. The summed E-state index contributed by atoms with van der Waals surface area (Å²) in [5.41, 5.74) is 3.03. The van der Waals surface area contributed by atoms with Crippen LogP contribution >= 0.6 is 0 Å². The number of hydrogen-bond donors (Lipinski definition) is 0. The number of rotatable bonds is 7. The summed E-state index contributed by atoms with van der Waals surface area (Å²) in [5, 5.41) is 0. The van der Waals surface area contributed by atoms with Crippen molar-refractivity contribution in [2.24, 2.45) is 0 Å². The summed E-state index contributed by atoms with van der Waals surface area (Å²) in [6.07, 6.45) is -1.12. The van der Waals surface area contributed by atoms with Crippen molar-refractivity contribution in [3.63, 3.8) is 0 Å². The lowest BCUT2D eigenvalue weighted by Gasteiger charge is -2.18. The summed E-state index contributed by atoms with van der Waals surface area (Å²) in [6, 6.07) is 20.0. The van der Waals surface area contributed by atoms with Gasteiger partial charge in [-0.1, -0.05) is 71.8 Å². The van der Waals surface area contributed by atoms with Crippen molar-refractivity contribution >= 4 is 11.8 Å². The van der Waals surface area contributed by atoms with Crippen LogP contribution in [-0.4, -0.2) is 18.4 Å². The second-order valence-electron chi connectivity index (χ2n) is 6.73. The van der Waals surface area contributed by atoms with E-state index >= 15 is 0 Å². The fourth-order valence-electron chi connectivity index (χ4n) is 2.75. The van der Waals surface area contributed by atoms with E-state index in [1.165, 1.54) is 18.2 Å². The molecule has 29 heavy (non-hydrogen) atoms. The zero-order valence-corrected chi connectivity index (χ0v) is 16.2. The van der Waals surface area contributed by atoms with Gasteiger partial charge in [-0.3, -0.25) is 4.79 Å². The first-order chi connectivity index (χ1) is 13.9. The first-order valence-corrected chi connectivity index (χ1v) is 9.18. The third kappa shape index (κ3) is 5.29. The van der Waals surface area contributed by atoms with Gasteiger partial charge in [-0.2, -0.15) is 0 Å². The van der Waals surface area contributed by atoms with Crippen LogP contribution in [0.1, 0.15) is 33.2 Å². The number of esters is 1. The average molecular weight is 392 g/mol. The fourth-order valence-corrected chi connectivity index (χ4v) is 2.75. The van der Waals surface area contributed by atoms with E-state index in [0.717, 1.165) is 11.1 Å². The zero-order valence-electron chi connectivity index (χ0n) is 16.2. The Labute approximate surface area is 168 Å². The number of ether oxygens (including phenoxy) is 2. The number of benzene rings is 3. The molecule has 0 heterocycles. The van der Waals surface area contributed by atoms with Crippen LogP contribution in [0.5, 0.6) is 5.75 Å². The quantitative estimate of drug-likeness (QED) is 0.420. The Bertz CT molecular complexity index is 994. The molecular weight excluding hydrogens is 371 g/mol. The van der Waals surface area contributed by atoms with Crippen molar-refractivity contribution in [3.8, 4) is 5.75 Å². The molecule has 0 saturated heterocycles. The van der Waals surface area contributed by atoms with E-state index in [2.05, 4.69) is 0 Å². The Hall–Kier alpha value is -3.47. The van der Waals surface area contributed by atoms with E-state index < -0.39 is 24.5 Å². The Morgan fingerprint density at radius 3 is 2.07 bits per heavy atom. The summed E-state index contributed by atoms with van der Waals surface area (Å²) < 4.78 is 24.3. The van der Waals surface area contributed by atoms with Crippen molar-refractivity contribution in [1.29, 1.82) is 0 Å². The van der Waals surface area contributed by atoms with Crippen molar-refractivity contribution in [2.75, 3.05) is 6.61 Å². The third-order valence-electron chi connectivity index (χ3n) is 4.39. The lowest BCUT2D eigenvalue weighted by atomic mass is 9.98. The van der Waals surface area contributed by atoms with Gasteiger partial charge in [-0.05, 0) is 26.0 Å². The molecule has 4 nitrogen and oxygen atoms in total. The minimum atomic E-state index is -1.12. The normalized spacial score (nSPS) is 11.6. The fraction of sp³-hybridized carbons (Fsp3) is 0.167. The molecule has 0 radical (unpaired) electrons. The second-order valence-corrected chi connectivity index (χ2v) is 6.73. The SMILES string of the molecule is Cc1ccc(C(=O)[C@@H](OC(=O)COc2ccccc2F)c2ccc(C)cc2)cc1. The van der Waals surface area contributed by atoms with Crippen molar-refractivity contribution < 1.29 is 23.5 Å². The summed E-state index contributed by atoms with van der Waals surface area (Å²) in [5.74, 6) is -1.74. The average Bonchev–Trinajstić information content (AvgIpc) is 2.72. The first kappa shape index (κ1) is 20.3. The first-order valence-electron chi connectivity index (χ1n) is 9.18. The molecule has 0 aromatic heterocycles. The molecule has 0 aliphatic carbocycles. The molecule has 0 aliphatic rings. The molecule has 0 fully saturated rings. The van der Waals surface area contributed by atoms with Gasteiger partial charge in [0.25, 0.3) is 0 Å². The van der Waals surface area contributed by atoms with Crippen LogP contribution in [0.3, 0.4) is 0 Å². The maximum Gasteiger partial charge on any atom is 0.345 e. The molecule has 3 aromatic rings. The molecule has 0 bridgehead atoms. The number of para-hydroxylation sites is 1. The number of hydrogen-bond acceptors (Lipinski definition) is 4. The lowest BCUT2D eigenvalue weighted by molar-refractivity contribution is -0.149. The van der Waals surface area contributed by atoms with Gasteiger partial charge in [0, 0.05) is 11.1 Å². The van der Waals surface area contributed by atoms with Gasteiger partial charge in [-0.25, -0.2) is 9.18 Å². The molecule has 3 aromatic carbocycles. The molecule has 0 unspecified atom stereocenters. The van der Waals surface area contributed by atoms with Gasteiger partial charge < -0.3 is 9.47 Å². The van der Waals surface area contributed by atoms with E-state index in [1.54, 1.807) is 30.3 Å². The highest BCUT2D eigenvalue weighted by molar-refractivity contribution is 6.01. The van der Waals surface area contributed by atoms with Crippen LogP contribution in [0.2, 0.25) is 0 Å². The minimum absolute atomic E-state index is 0.0544. The maximum atomic E-state index is 13.7. The Morgan fingerprint density at radius 1 is 0.862 bits per heavy atom. The monoisotopic (exact) mass is 392 g/mol. The highest BCUT2D eigenvalue weighted by atomic mass is 19.1. The van der Waals surface area contributed by atoms with E-state index in [9.17, 15) is 14.0 Å². The van der Waals surface area contributed by atoms with Crippen LogP contribution in [0, 0.1) is 19.7 Å². The van der Waals surface area contributed by atoms with Crippen LogP contribution in [-0.2, 0) is 9.53 Å². The van der Waals surface area contributed by atoms with Crippen molar-refractivity contribution in [1.82, 2.24) is 0 Å². The van der Waals surface area contributed by atoms with Crippen LogP contribution in [0.4, 0.5) is 4.39 Å². The van der Waals surface area contributed by atoms with Crippen LogP contribution in [0.15, 0.2) is 72.8 Å². The zero-order chi connectivity index (χ0) is 20.8. The van der Waals surface area contributed by atoms with Crippen LogP contribution in [0.25, 0.3) is 0 Å². The molecule has 3 rings (SSSR count). The van der Waals surface area contributed by atoms with E-state index in [0.29, 0.717) is 11.1 Å². The smallest absolute Gasteiger partial charge is 0.345 e. The van der Waals surface area contributed by atoms with Crippen molar-refractivity contribution in [3.05, 3.63) is 101 Å². The molecular formula is C24H21FO4. The summed E-state index contributed by atoms with van der Waals surface area (Å²) in [4.78, 5) is 25.4. The predicted octanol–water partition coefficient (Wildman–Crippen LogP) is 4.99. The Balaban J connectivity index is 1.78. The van der Waals surface area contributed by atoms with E-state index in [-0.39, 0.29) is 11.5 Å². The molecule has 0 N–H and O–H groups in total. The van der Waals surface area contributed by atoms with Crippen LogP contribution < -0.4 is 4.74 Å². The third-order valence-corrected chi connectivity index (χ3v) is 4.39. The van der Waals surface area contributed by atoms with Gasteiger partial charge in [0.2, 0.25) is 5.78 Å². The Kier molecular flexibility index (Phi) is 6.39. The maximum absolute atomic E-state index is 13.7. The van der Waals surface area contributed by atoms with E-state index in [1.807, 2.05) is 38.1 Å². The van der Waals surface area contributed by atoms with Gasteiger partial charge in [0.1, 0.15) is 0 Å². The van der Waals surface area contributed by atoms with Gasteiger partial charge in [-0.15, -0.1) is 0 Å². The lowest BCUT2D eigenvalue weighted by Crippen LogP contribution is -2.24. The van der Waals surface area contributed by atoms with E-state index in [4.69, 9.17) is 9.47 Å². The molecule has 0 aliphatic heterocycles. The highest BCUT2D eigenvalue weighted by Crippen LogP contribution is 2.24. The van der Waals surface area contributed by atoms with Crippen molar-refractivity contribution in [2.45, 2.75) is 20.0 Å². The Morgan fingerprint density at radius 2 is 1.45 bits per heavy atom. The molecule has 148 valence electrons. The van der Waals surface area contributed by atoms with Gasteiger partial charge in [0.05, 0.1) is 0 Å². The minimum Gasteiger partial charge on any atom is -0.479 e. The summed E-state index contributed by atoms with van der Waals surface area (Å²) >= 11 is 0. The summed E-state index contributed by atoms with van der Waals surface area (Å²) in [7, 11) is 0. The molecule has 0 amide bonds. The molecule has 5 heteroatoms. The standard InChI is InChI=1S/C24H21FO4/c1-16-7-11-18(12-8-16)23(27)24(19-13-9-17(2)10-14-19)29-22(26)15-28-21-6-4-3-5-20(21)25/h3-14,24H,15H2,1-2H3/t24-/m0/s1. The number of Topliss-reactive ketones (excluding diaryl/α,β-unsaturated/α-hetero) is 1. The largest absolute Gasteiger partial charge is 0.479 e. The number of carbonyl (C=O) groups is 2. The van der Waals surface area contributed by atoms with Gasteiger partial charge >= 0.3 is 5.97 Å². The number of aryl methyl sites for hydroxylation is 2. The highest BCUT2D eigenvalue weighted by Gasteiger charge is 2.26. The summed E-state index contributed by atoms with van der Waals surface area (Å²) in [6.45, 7) is 3.34. The number of carbonyl (C=O) groups excluding carboxylic acids is 2. The predicted molar refractivity (Wildman–Crippen MR) is 107 cm³/mol. The van der Waals surface area contributed by atoms with Gasteiger partial charge in [0.15, 0.2) is 24.3 Å². The molecule has 1 atom stereocenters. The topological polar surface area (TPSA) is 52.6 Å². The number of halogens is 1. The molecule has 0 spiro atoms.